The van der Waals surface area contributed by atoms with E-state index in [4.69, 9.17) is 9.47 Å². The molecule has 2 aromatic rings. The molecule has 0 saturated carbocycles. The van der Waals surface area contributed by atoms with E-state index in [2.05, 4.69) is 18.5 Å². The summed E-state index contributed by atoms with van der Waals surface area (Å²) in [6.07, 6.45) is 4.02. The Morgan fingerprint density at radius 1 is 1.26 bits per heavy atom. The first-order chi connectivity index (χ1) is 18.3. The lowest BCUT2D eigenvalue weighted by molar-refractivity contribution is -0.158. The number of esters is 1. The highest BCUT2D eigenvalue weighted by Gasteiger charge is 2.66. The predicted molar refractivity (Wildman–Crippen MR) is 152 cm³/mol. The van der Waals surface area contributed by atoms with Gasteiger partial charge < -0.3 is 19.7 Å². The molecule has 1 aromatic heterocycles. The highest BCUT2D eigenvalue weighted by Crippen LogP contribution is 2.54. The van der Waals surface area contributed by atoms with Gasteiger partial charge in [0.05, 0.1) is 33.2 Å². The molecule has 39 heavy (non-hydrogen) atoms. The number of ketones is 1. The van der Waals surface area contributed by atoms with Crippen LogP contribution >= 0.6 is 11.3 Å². The monoisotopic (exact) mass is 557 g/mol. The van der Waals surface area contributed by atoms with E-state index in [1.807, 2.05) is 38.1 Å². The molecule has 6 atom stereocenters. The van der Waals surface area contributed by atoms with E-state index in [9.17, 15) is 19.8 Å². The summed E-state index contributed by atoms with van der Waals surface area (Å²) in [5.41, 5.74) is -0.354. The lowest BCUT2D eigenvalue weighted by atomic mass is 9.72. The molecule has 0 radical (unpaired) electrons. The first kappa shape index (κ1) is 29.8. The van der Waals surface area contributed by atoms with Gasteiger partial charge in [-0.2, -0.15) is 0 Å². The first-order valence-electron chi connectivity index (χ1n) is 14.1. The van der Waals surface area contributed by atoms with Crippen LogP contribution in [0.15, 0.2) is 30.9 Å². The van der Waals surface area contributed by atoms with Crippen molar-refractivity contribution in [2.24, 2.45) is 17.3 Å². The molecule has 0 amide bonds. The lowest BCUT2D eigenvalue weighted by Crippen LogP contribution is -2.42. The van der Waals surface area contributed by atoms with Crippen LogP contribution in [0.1, 0.15) is 95.7 Å². The number of Topliss-reactive ketones (excluding diaryl/α,β-unsaturated/α-hetero) is 1. The molecule has 2 saturated heterocycles. The van der Waals surface area contributed by atoms with Crippen molar-refractivity contribution in [3.63, 3.8) is 0 Å². The third kappa shape index (κ3) is 6.45. The third-order valence-electron chi connectivity index (χ3n) is 8.76. The van der Waals surface area contributed by atoms with Gasteiger partial charge in [-0.1, -0.05) is 45.8 Å². The van der Waals surface area contributed by atoms with Gasteiger partial charge in [0.15, 0.2) is 5.79 Å². The largest absolute Gasteiger partial charge is 0.457 e. The Labute approximate surface area is 235 Å². The molecule has 2 fully saturated rings. The molecule has 0 bridgehead atoms. The van der Waals surface area contributed by atoms with Gasteiger partial charge >= 0.3 is 5.97 Å². The number of hydrogen-bond acceptors (Lipinski definition) is 8. The normalized spacial score (nSPS) is 34.3. The number of rotatable bonds is 4. The van der Waals surface area contributed by atoms with Crippen LogP contribution in [-0.4, -0.2) is 44.4 Å². The van der Waals surface area contributed by atoms with Crippen molar-refractivity contribution in [3.8, 4) is 0 Å². The number of epoxide rings is 1. The molecule has 0 spiro atoms. The summed E-state index contributed by atoms with van der Waals surface area (Å²) in [6, 6.07) is 5.71. The molecule has 8 heteroatoms. The maximum atomic E-state index is 13.7. The Morgan fingerprint density at radius 2 is 2.00 bits per heavy atom. The summed E-state index contributed by atoms with van der Waals surface area (Å²) in [5.74, 6) is -2.04. The number of aliphatic hydroxyl groups excluding tert-OH is 1. The number of nitrogens with zero attached hydrogens (tertiary/aromatic N) is 1. The fourth-order valence-electron chi connectivity index (χ4n) is 5.97. The topological polar surface area (TPSA) is 109 Å². The van der Waals surface area contributed by atoms with Crippen LogP contribution in [-0.2, 0) is 19.1 Å². The van der Waals surface area contributed by atoms with Crippen LogP contribution in [0.3, 0.4) is 0 Å². The number of aliphatic hydroxyl groups is 2. The highest BCUT2D eigenvalue weighted by atomic mass is 32.1. The Balaban J connectivity index is 1.64. The van der Waals surface area contributed by atoms with Gasteiger partial charge in [-0.3, -0.25) is 9.59 Å². The molecule has 2 aliphatic rings. The minimum absolute atomic E-state index is 0.0311. The SMILES string of the molecule is C=CCC[C@@H]1C[C@@H](C)CCC[C@@]2(C)O[C@@]2(O)C[C@@H](c2ccc3sc(C)nc3c2)OC(=O)C[C@H](O)C(C)(C)C1=O. The molecule has 2 aliphatic heterocycles. The number of carbonyl (C=O) groups excluding carboxylic acids is 2. The molecule has 4 rings (SSSR count). The number of ether oxygens (including phenoxy) is 2. The van der Waals surface area contributed by atoms with Gasteiger partial charge in [-0.15, -0.1) is 17.9 Å². The molecule has 0 unspecified atom stereocenters. The number of aromatic nitrogens is 1. The first-order valence-corrected chi connectivity index (χ1v) is 14.9. The van der Waals surface area contributed by atoms with Crippen LogP contribution in [0, 0.1) is 24.2 Å². The van der Waals surface area contributed by atoms with Gasteiger partial charge in [0.2, 0.25) is 0 Å². The van der Waals surface area contributed by atoms with Gasteiger partial charge in [0.25, 0.3) is 0 Å². The Bertz CT molecular complexity index is 1220. The number of carbonyl (C=O) groups is 2. The number of fused-ring (bicyclic) bond motifs is 2. The van der Waals surface area contributed by atoms with E-state index in [0.29, 0.717) is 31.2 Å². The zero-order chi connectivity index (χ0) is 28.6. The van der Waals surface area contributed by atoms with E-state index in [1.165, 1.54) is 0 Å². The van der Waals surface area contributed by atoms with Crippen molar-refractivity contribution in [1.29, 1.82) is 0 Å². The number of hydrogen-bond donors (Lipinski definition) is 2. The van der Waals surface area contributed by atoms with Crippen molar-refractivity contribution in [2.45, 2.75) is 110 Å². The fourth-order valence-corrected chi connectivity index (χ4v) is 6.77. The maximum absolute atomic E-state index is 13.7. The van der Waals surface area contributed by atoms with Gasteiger partial charge in [0.1, 0.15) is 17.5 Å². The average Bonchev–Trinajstić information content (AvgIpc) is 3.18. The quantitative estimate of drug-likeness (QED) is 0.262. The molecule has 7 nitrogen and oxygen atoms in total. The summed E-state index contributed by atoms with van der Waals surface area (Å²) in [5, 5.41) is 23.5. The number of aryl methyl sites for hydroxylation is 1. The minimum Gasteiger partial charge on any atom is -0.457 e. The average molecular weight is 558 g/mol. The molecule has 0 aliphatic carbocycles. The van der Waals surface area contributed by atoms with Crippen LogP contribution in [0.2, 0.25) is 0 Å². The summed E-state index contributed by atoms with van der Waals surface area (Å²) in [6.45, 7) is 13.2. The highest BCUT2D eigenvalue weighted by molar-refractivity contribution is 7.18. The van der Waals surface area contributed by atoms with Crippen LogP contribution in [0.5, 0.6) is 0 Å². The maximum Gasteiger partial charge on any atom is 0.309 e. The number of cyclic esters (lactones) is 1. The van der Waals surface area contributed by atoms with E-state index in [-0.39, 0.29) is 30.5 Å². The predicted octanol–water partition coefficient (Wildman–Crippen LogP) is 6.20. The molecule has 214 valence electrons. The van der Waals surface area contributed by atoms with Crippen molar-refractivity contribution in [1.82, 2.24) is 4.98 Å². The van der Waals surface area contributed by atoms with Crippen molar-refractivity contribution < 1.29 is 29.3 Å². The summed E-state index contributed by atoms with van der Waals surface area (Å²) in [7, 11) is 0. The molecule has 2 N–H and O–H groups in total. The Morgan fingerprint density at radius 3 is 2.72 bits per heavy atom. The van der Waals surface area contributed by atoms with Gasteiger partial charge in [0, 0.05) is 12.3 Å². The number of thiazole rings is 1. The van der Waals surface area contributed by atoms with E-state index in [0.717, 1.165) is 28.1 Å². The molecular formula is C31H43NO6S. The fraction of sp³-hybridized carbons (Fsp3) is 0.645. The number of benzene rings is 1. The van der Waals surface area contributed by atoms with Crippen LogP contribution in [0.25, 0.3) is 10.2 Å². The molecular weight excluding hydrogens is 514 g/mol. The second-order valence-corrected chi connectivity index (χ2v) is 13.6. The van der Waals surface area contributed by atoms with Crippen LogP contribution in [0.4, 0.5) is 0 Å². The van der Waals surface area contributed by atoms with Gasteiger partial charge in [-0.25, -0.2) is 4.98 Å². The third-order valence-corrected chi connectivity index (χ3v) is 9.71. The molecule has 3 heterocycles. The van der Waals surface area contributed by atoms with Crippen molar-refractivity contribution in [2.75, 3.05) is 0 Å². The lowest BCUT2D eigenvalue weighted by Gasteiger charge is -2.34. The van der Waals surface area contributed by atoms with E-state index < -0.39 is 35.0 Å². The summed E-state index contributed by atoms with van der Waals surface area (Å²) >= 11 is 1.58. The second kappa shape index (κ2) is 11.4. The molecule has 1 aromatic carbocycles. The second-order valence-electron chi connectivity index (χ2n) is 12.4. The Kier molecular flexibility index (Phi) is 8.72. The summed E-state index contributed by atoms with van der Waals surface area (Å²) in [4.78, 5) is 31.5. The van der Waals surface area contributed by atoms with E-state index >= 15 is 0 Å². The van der Waals surface area contributed by atoms with Crippen molar-refractivity contribution in [3.05, 3.63) is 41.4 Å². The Hall–Kier alpha value is -2.13. The summed E-state index contributed by atoms with van der Waals surface area (Å²) < 4.78 is 12.9. The number of allylic oxidation sites excluding steroid dienone is 1. The van der Waals surface area contributed by atoms with Crippen LogP contribution < -0.4 is 0 Å². The van der Waals surface area contributed by atoms with E-state index in [1.54, 1.807) is 25.2 Å². The zero-order valence-corrected chi connectivity index (χ0v) is 24.7. The standard InChI is InChI=1S/C31H43NO6S/c1-7-8-11-22-15-19(2)10-9-14-30(6)31(36,38-30)18-24(21-12-13-25-23(16-21)32-20(3)39-25)37-27(34)17-26(33)29(4,5)28(22)35/h7,12-13,16,19,22,24,26,33,36H,1,8-11,14-15,17-18H2,2-6H3/t19-,22+,24-,26-,30+,31-/m0/s1. The zero-order valence-electron chi connectivity index (χ0n) is 23.9. The van der Waals surface area contributed by atoms with Gasteiger partial charge in [-0.05, 0) is 63.1 Å². The van der Waals surface area contributed by atoms with Crippen molar-refractivity contribution >= 4 is 33.3 Å². The minimum atomic E-state index is -1.43. The smallest absolute Gasteiger partial charge is 0.309 e.